The molecule has 26 heavy (non-hydrogen) atoms. The van der Waals surface area contributed by atoms with Crippen molar-refractivity contribution < 1.29 is 4.79 Å². The number of carbonyl (C=O) groups excluding carboxylic acids is 1. The van der Waals surface area contributed by atoms with E-state index in [1.54, 1.807) is 6.20 Å². The van der Waals surface area contributed by atoms with Gasteiger partial charge in [-0.3, -0.25) is 4.79 Å². The number of H-pyrrole nitrogens is 1. The van der Waals surface area contributed by atoms with Crippen molar-refractivity contribution in [3.8, 4) is 11.3 Å². The number of ketones is 1. The van der Waals surface area contributed by atoms with Gasteiger partial charge in [0.15, 0.2) is 5.78 Å². The first-order valence-electron chi connectivity index (χ1n) is 8.96. The predicted octanol–water partition coefficient (Wildman–Crippen LogP) is 4.40. The van der Waals surface area contributed by atoms with Crippen LogP contribution < -0.4 is 5.73 Å². The number of nitrogens with zero attached hydrogens (tertiary/aromatic N) is 1. The number of benzene rings is 1. The molecule has 2 aromatic heterocycles. The summed E-state index contributed by atoms with van der Waals surface area (Å²) in [5, 5.41) is 0. The Morgan fingerprint density at radius 1 is 1.15 bits per heavy atom. The normalized spacial score (nSPS) is 15.7. The number of aromatic amines is 1. The SMILES string of the molecule is CC1(C)CC(=O)c2c([nH]c(-c3ccnc(N)c3)c2Cc2ccccc2)C1. The lowest BCUT2D eigenvalue weighted by atomic mass is 9.75. The van der Waals surface area contributed by atoms with Crippen molar-refractivity contribution in [3.63, 3.8) is 0 Å². The Kier molecular flexibility index (Phi) is 3.91. The Morgan fingerprint density at radius 3 is 2.65 bits per heavy atom. The predicted molar refractivity (Wildman–Crippen MR) is 104 cm³/mol. The minimum absolute atomic E-state index is 0.0203. The van der Waals surface area contributed by atoms with E-state index in [9.17, 15) is 4.79 Å². The number of nitrogens with one attached hydrogen (secondary N) is 1. The third-order valence-electron chi connectivity index (χ3n) is 5.05. The van der Waals surface area contributed by atoms with E-state index in [2.05, 4.69) is 35.9 Å². The van der Waals surface area contributed by atoms with Gasteiger partial charge in [0.2, 0.25) is 0 Å². The van der Waals surface area contributed by atoms with Gasteiger partial charge in [-0.05, 0) is 35.1 Å². The van der Waals surface area contributed by atoms with Crippen LogP contribution in [0.1, 0.15) is 47.4 Å². The first-order chi connectivity index (χ1) is 12.4. The maximum Gasteiger partial charge on any atom is 0.165 e. The summed E-state index contributed by atoms with van der Waals surface area (Å²) < 4.78 is 0. The Morgan fingerprint density at radius 2 is 1.92 bits per heavy atom. The molecule has 0 amide bonds. The summed E-state index contributed by atoms with van der Waals surface area (Å²) in [4.78, 5) is 20.6. The Hall–Kier alpha value is -2.88. The van der Waals surface area contributed by atoms with Gasteiger partial charge in [-0.2, -0.15) is 0 Å². The number of anilines is 1. The highest BCUT2D eigenvalue weighted by Crippen LogP contribution is 2.40. The molecule has 4 heteroatoms. The molecule has 1 aromatic carbocycles. The van der Waals surface area contributed by atoms with Crippen molar-refractivity contribution in [2.75, 3.05) is 5.73 Å². The minimum atomic E-state index is -0.0203. The molecule has 0 radical (unpaired) electrons. The molecule has 132 valence electrons. The van der Waals surface area contributed by atoms with Crippen LogP contribution >= 0.6 is 0 Å². The van der Waals surface area contributed by atoms with Crippen molar-refractivity contribution >= 4 is 11.6 Å². The smallest absolute Gasteiger partial charge is 0.165 e. The molecule has 1 aliphatic rings. The molecule has 0 fully saturated rings. The van der Waals surface area contributed by atoms with Crippen molar-refractivity contribution in [3.05, 3.63) is 71.0 Å². The lowest BCUT2D eigenvalue weighted by Crippen LogP contribution is -2.27. The molecular formula is C22H23N3O. The van der Waals surface area contributed by atoms with Gasteiger partial charge in [0.25, 0.3) is 0 Å². The summed E-state index contributed by atoms with van der Waals surface area (Å²) in [5.41, 5.74) is 12.0. The molecule has 4 nitrogen and oxygen atoms in total. The molecule has 3 aromatic rings. The van der Waals surface area contributed by atoms with Crippen molar-refractivity contribution in [1.29, 1.82) is 0 Å². The van der Waals surface area contributed by atoms with Crippen LogP contribution in [-0.4, -0.2) is 15.8 Å². The second-order valence-corrected chi connectivity index (χ2v) is 7.90. The van der Waals surface area contributed by atoms with Crippen LogP contribution in [0.15, 0.2) is 48.7 Å². The van der Waals surface area contributed by atoms with Crippen LogP contribution in [-0.2, 0) is 12.8 Å². The van der Waals surface area contributed by atoms with Gasteiger partial charge in [-0.15, -0.1) is 0 Å². The van der Waals surface area contributed by atoms with Gasteiger partial charge in [-0.1, -0.05) is 44.2 Å². The Balaban J connectivity index is 1.89. The lowest BCUT2D eigenvalue weighted by molar-refractivity contribution is 0.0911. The highest BCUT2D eigenvalue weighted by molar-refractivity contribution is 6.02. The maximum absolute atomic E-state index is 13.0. The summed E-state index contributed by atoms with van der Waals surface area (Å²) >= 11 is 0. The molecular weight excluding hydrogens is 322 g/mol. The van der Waals surface area contributed by atoms with Crippen molar-refractivity contribution in [2.24, 2.45) is 5.41 Å². The Labute approximate surface area is 153 Å². The van der Waals surface area contributed by atoms with Crippen LogP contribution in [0.3, 0.4) is 0 Å². The van der Waals surface area contributed by atoms with Gasteiger partial charge in [0.1, 0.15) is 5.82 Å². The van der Waals surface area contributed by atoms with Gasteiger partial charge in [0, 0.05) is 35.9 Å². The van der Waals surface area contributed by atoms with Crippen molar-refractivity contribution in [1.82, 2.24) is 9.97 Å². The van der Waals surface area contributed by atoms with Gasteiger partial charge in [-0.25, -0.2) is 4.98 Å². The molecule has 0 aliphatic heterocycles. The molecule has 0 saturated carbocycles. The first kappa shape index (κ1) is 16.6. The maximum atomic E-state index is 13.0. The fourth-order valence-corrected chi connectivity index (χ4v) is 3.96. The number of nitrogen functional groups attached to an aromatic ring is 1. The zero-order valence-corrected chi connectivity index (χ0v) is 15.2. The lowest BCUT2D eigenvalue weighted by Gasteiger charge is -2.28. The highest BCUT2D eigenvalue weighted by Gasteiger charge is 2.35. The van der Waals surface area contributed by atoms with Crippen LogP contribution in [0, 0.1) is 5.41 Å². The fourth-order valence-electron chi connectivity index (χ4n) is 3.96. The second kappa shape index (κ2) is 6.13. The highest BCUT2D eigenvalue weighted by atomic mass is 16.1. The number of pyridine rings is 1. The van der Waals surface area contributed by atoms with Crippen LogP contribution in [0.5, 0.6) is 0 Å². The second-order valence-electron chi connectivity index (χ2n) is 7.90. The number of hydrogen-bond donors (Lipinski definition) is 2. The Bertz CT molecular complexity index is 970. The zero-order chi connectivity index (χ0) is 18.3. The molecule has 4 rings (SSSR count). The number of Topliss-reactive ketones (excluding diaryl/α,β-unsaturated/α-hetero) is 1. The van der Waals surface area contributed by atoms with Gasteiger partial charge in [0.05, 0.1) is 5.69 Å². The number of rotatable bonds is 3. The summed E-state index contributed by atoms with van der Waals surface area (Å²) in [7, 11) is 0. The van der Waals surface area contributed by atoms with Crippen LogP contribution in [0.2, 0.25) is 0 Å². The van der Waals surface area contributed by atoms with E-state index in [-0.39, 0.29) is 11.2 Å². The largest absolute Gasteiger partial charge is 0.384 e. The quantitative estimate of drug-likeness (QED) is 0.739. The van der Waals surface area contributed by atoms with E-state index in [0.717, 1.165) is 40.9 Å². The molecule has 2 heterocycles. The molecule has 0 atom stereocenters. The standard InChI is InChI=1S/C22H23N3O/c1-22(2)12-17-20(18(26)13-22)16(10-14-6-4-3-5-7-14)21(25-17)15-8-9-24-19(23)11-15/h3-9,11,25H,10,12-13H2,1-2H3,(H2,23,24). The summed E-state index contributed by atoms with van der Waals surface area (Å²) in [6, 6.07) is 14.1. The summed E-state index contributed by atoms with van der Waals surface area (Å²) in [5.74, 6) is 0.707. The van der Waals surface area contributed by atoms with E-state index in [1.807, 2.05) is 30.3 Å². The average Bonchev–Trinajstić information content (AvgIpc) is 2.93. The van der Waals surface area contributed by atoms with Gasteiger partial charge < -0.3 is 10.7 Å². The molecule has 0 unspecified atom stereocenters. The third-order valence-corrected chi connectivity index (χ3v) is 5.05. The summed E-state index contributed by atoms with van der Waals surface area (Å²) in [6.45, 7) is 4.30. The third kappa shape index (κ3) is 3.03. The zero-order valence-electron chi connectivity index (χ0n) is 15.2. The number of carbonyl (C=O) groups is 1. The molecule has 3 N–H and O–H groups in total. The van der Waals surface area contributed by atoms with E-state index in [1.165, 1.54) is 5.56 Å². The monoisotopic (exact) mass is 345 g/mol. The number of fused-ring (bicyclic) bond motifs is 1. The van der Waals surface area contributed by atoms with E-state index in [4.69, 9.17) is 5.73 Å². The van der Waals surface area contributed by atoms with E-state index < -0.39 is 0 Å². The fraction of sp³-hybridized carbons (Fsp3) is 0.273. The van der Waals surface area contributed by atoms with Crippen LogP contribution in [0.4, 0.5) is 5.82 Å². The molecule has 0 bridgehead atoms. The van der Waals surface area contributed by atoms with Crippen LogP contribution in [0.25, 0.3) is 11.3 Å². The molecule has 0 saturated heterocycles. The minimum Gasteiger partial charge on any atom is -0.384 e. The first-order valence-corrected chi connectivity index (χ1v) is 8.96. The number of aromatic nitrogens is 2. The molecule has 1 aliphatic carbocycles. The average molecular weight is 345 g/mol. The topological polar surface area (TPSA) is 71.8 Å². The molecule has 0 spiro atoms. The van der Waals surface area contributed by atoms with Crippen molar-refractivity contribution in [2.45, 2.75) is 33.1 Å². The van der Waals surface area contributed by atoms with E-state index >= 15 is 0 Å². The summed E-state index contributed by atoms with van der Waals surface area (Å²) in [6.07, 6.45) is 3.88. The number of hydrogen-bond acceptors (Lipinski definition) is 3. The van der Waals surface area contributed by atoms with E-state index in [0.29, 0.717) is 12.2 Å². The number of nitrogens with two attached hydrogens (primary N) is 1. The van der Waals surface area contributed by atoms with Gasteiger partial charge >= 0.3 is 0 Å².